The van der Waals surface area contributed by atoms with Crippen molar-refractivity contribution < 1.29 is 19.8 Å². The van der Waals surface area contributed by atoms with E-state index in [0.29, 0.717) is 11.1 Å². The van der Waals surface area contributed by atoms with E-state index in [1.165, 1.54) is 0 Å². The molecular formula is C14H12MgO4. The minimum absolute atomic E-state index is 0. The Labute approximate surface area is 126 Å². The number of carbonyl (C=O) groups is 2. The van der Waals surface area contributed by atoms with Gasteiger partial charge in [-0.3, -0.25) is 0 Å². The maximum atomic E-state index is 10.2. The van der Waals surface area contributed by atoms with Crippen molar-refractivity contribution in [3.8, 4) is 0 Å². The molecule has 2 rings (SSSR count). The molecule has 0 bridgehead atoms. The fourth-order valence-corrected chi connectivity index (χ4v) is 1.16. The topological polar surface area (TPSA) is 74.6 Å². The zero-order valence-electron chi connectivity index (χ0n) is 10.2. The van der Waals surface area contributed by atoms with Crippen molar-refractivity contribution >= 4 is 35.0 Å². The lowest BCUT2D eigenvalue weighted by Crippen LogP contribution is -1.93. The van der Waals surface area contributed by atoms with Gasteiger partial charge in [-0.05, 0) is 24.3 Å². The lowest BCUT2D eigenvalue weighted by molar-refractivity contribution is 0.0686. The largest absolute Gasteiger partial charge is 0.478 e. The summed E-state index contributed by atoms with van der Waals surface area (Å²) in [6, 6.07) is 16.6. The van der Waals surface area contributed by atoms with Crippen molar-refractivity contribution in [1.82, 2.24) is 0 Å². The lowest BCUT2D eigenvalue weighted by atomic mass is 10.2. The Morgan fingerprint density at radius 2 is 0.895 bits per heavy atom. The highest BCUT2D eigenvalue weighted by Gasteiger charge is 1.97. The van der Waals surface area contributed by atoms with Crippen LogP contribution in [0.15, 0.2) is 60.7 Å². The molecule has 94 valence electrons. The monoisotopic (exact) mass is 268 g/mol. The summed E-state index contributed by atoms with van der Waals surface area (Å²) < 4.78 is 0. The van der Waals surface area contributed by atoms with Gasteiger partial charge >= 0.3 is 11.9 Å². The summed E-state index contributed by atoms with van der Waals surface area (Å²) >= 11 is 0. The first-order valence-electron chi connectivity index (χ1n) is 5.18. The summed E-state index contributed by atoms with van der Waals surface area (Å²) in [4.78, 5) is 20.4. The number of benzene rings is 2. The number of aromatic carboxylic acids is 2. The maximum absolute atomic E-state index is 10.2. The number of hydrogen-bond acceptors (Lipinski definition) is 2. The quantitative estimate of drug-likeness (QED) is 0.820. The van der Waals surface area contributed by atoms with Crippen LogP contribution in [-0.4, -0.2) is 45.2 Å². The van der Waals surface area contributed by atoms with Crippen LogP contribution in [0.2, 0.25) is 0 Å². The van der Waals surface area contributed by atoms with Gasteiger partial charge in [0.2, 0.25) is 0 Å². The van der Waals surface area contributed by atoms with Gasteiger partial charge < -0.3 is 10.2 Å². The van der Waals surface area contributed by atoms with Crippen molar-refractivity contribution in [3.63, 3.8) is 0 Å². The summed E-state index contributed by atoms with van der Waals surface area (Å²) in [5.74, 6) is -1.76. The normalized spacial score (nSPS) is 8.42. The predicted molar refractivity (Wildman–Crippen MR) is 72.6 cm³/mol. The lowest BCUT2D eigenvalue weighted by Gasteiger charge is -1.88. The Kier molecular flexibility index (Phi) is 8.24. The van der Waals surface area contributed by atoms with E-state index >= 15 is 0 Å². The van der Waals surface area contributed by atoms with Gasteiger partial charge in [-0.1, -0.05) is 36.4 Å². The third-order valence-corrected chi connectivity index (χ3v) is 2.04. The van der Waals surface area contributed by atoms with E-state index in [2.05, 4.69) is 0 Å². The summed E-state index contributed by atoms with van der Waals surface area (Å²) in [6.45, 7) is 0. The molecule has 0 aromatic heterocycles. The van der Waals surface area contributed by atoms with E-state index < -0.39 is 11.9 Å². The second-order valence-electron chi connectivity index (χ2n) is 3.34. The fourth-order valence-electron chi connectivity index (χ4n) is 1.16. The first-order valence-corrected chi connectivity index (χ1v) is 5.18. The van der Waals surface area contributed by atoms with Crippen molar-refractivity contribution in [1.29, 1.82) is 0 Å². The third-order valence-electron chi connectivity index (χ3n) is 2.04. The highest BCUT2D eigenvalue weighted by Crippen LogP contribution is 1.96. The zero-order valence-corrected chi connectivity index (χ0v) is 11.6. The molecule has 0 spiro atoms. The Bertz CT molecular complexity index is 462. The van der Waals surface area contributed by atoms with Crippen LogP contribution in [0, 0.1) is 0 Å². The SMILES string of the molecule is O=C(O)c1ccccc1.O=C(O)c1ccccc1.[Mg]. The molecule has 0 fully saturated rings. The van der Waals surface area contributed by atoms with Crippen LogP contribution in [0.3, 0.4) is 0 Å². The molecule has 5 heteroatoms. The summed E-state index contributed by atoms with van der Waals surface area (Å²) in [5.41, 5.74) is 0.662. The number of carboxylic acids is 2. The highest BCUT2D eigenvalue weighted by molar-refractivity contribution is 5.87. The number of rotatable bonds is 2. The van der Waals surface area contributed by atoms with Crippen molar-refractivity contribution in [2.24, 2.45) is 0 Å². The molecule has 0 heterocycles. The second kappa shape index (κ2) is 9.13. The highest BCUT2D eigenvalue weighted by atomic mass is 24.3. The number of hydrogen-bond donors (Lipinski definition) is 2. The van der Waals surface area contributed by atoms with Crippen LogP contribution in [0.1, 0.15) is 20.7 Å². The molecule has 0 aliphatic heterocycles. The van der Waals surface area contributed by atoms with Gasteiger partial charge in [0.15, 0.2) is 0 Å². The van der Waals surface area contributed by atoms with Gasteiger partial charge in [-0.25, -0.2) is 9.59 Å². The standard InChI is InChI=1S/2C7H6O2.Mg/c2*8-7(9)6-4-2-1-3-5-6;/h2*1-5H,(H,8,9);. The second-order valence-corrected chi connectivity index (χ2v) is 3.34. The maximum Gasteiger partial charge on any atom is 0.335 e. The zero-order chi connectivity index (χ0) is 13.4. The summed E-state index contributed by atoms with van der Waals surface area (Å²) in [5, 5.41) is 16.8. The average molecular weight is 269 g/mol. The van der Waals surface area contributed by atoms with E-state index in [4.69, 9.17) is 10.2 Å². The summed E-state index contributed by atoms with van der Waals surface area (Å²) in [7, 11) is 0. The van der Waals surface area contributed by atoms with Crippen LogP contribution in [0.25, 0.3) is 0 Å². The third kappa shape index (κ3) is 6.59. The number of carboxylic acid groups (broad SMARTS) is 2. The van der Waals surface area contributed by atoms with Gasteiger partial charge in [-0.15, -0.1) is 0 Å². The molecule has 0 amide bonds. The molecule has 0 saturated carbocycles. The van der Waals surface area contributed by atoms with Crippen molar-refractivity contribution in [3.05, 3.63) is 71.8 Å². The molecule has 2 aromatic rings. The van der Waals surface area contributed by atoms with E-state index in [1.807, 2.05) is 0 Å². The Morgan fingerprint density at radius 1 is 0.632 bits per heavy atom. The average Bonchev–Trinajstić information content (AvgIpc) is 2.41. The molecule has 0 aliphatic rings. The van der Waals surface area contributed by atoms with Gasteiger partial charge in [0.1, 0.15) is 0 Å². The van der Waals surface area contributed by atoms with Crippen LogP contribution in [0.5, 0.6) is 0 Å². The summed E-state index contributed by atoms with van der Waals surface area (Å²) in [6.07, 6.45) is 0. The van der Waals surface area contributed by atoms with E-state index in [1.54, 1.807) is 60.7 Å². The van der Waals surface area contributed by atoms with Gasteiger partial charge in [-0.2, -0.15) is 0 Å². The smallest absolute Gasteiger partial charge is 0.335 e. The molecule has 0 aliphatic carbocycles. The molecule has 2 radical (unpaired) electrons. The van der Waals surface area contributed by atoms with Crippen LogP contribution in [0.4, 0.5) is 0 Å². The first-order chi connectivity index (χ1) is 8.61. The van der Waals surface area contributed by atoms with E-state index in [0.717, 1.165) is 0 Å². The first kappa shape index (κ1) is 17.1. The molecule has 0 atom stereocenters. The Morgan fingerprint density at radius 3 is 1.05 bits per heavy atom. The van der Waals surface area contributed by atoms with Gasteiger partial charge in [0, 0.05) is 23.1 Å². The van der Waals surface area contributed by atoms with Crippen molar-refractivity contribution in [2.75, 3.05) is 0 Å². The van der Waals surface area contributed by atoms with Crippen LogP contribution < -0.4 is 0 Å². The molecule has 4 nitrogen and oxygen atoms in total. The minimum atomic E-state index is -0.879. The van der Waals surface area contributed by atoms with E-state index in [9.17, 15) is 9.59 Å². The van der Waals surface area contributed by atoms with Crippen molar-refractivity contribution in [2.45, 2.75) is 0 Å². The predicted octanol–water partition coefficient (Wildman–Crippen LogP) is 2.39. The molecular weight excluding hydrogens is 256 g/mol. The Hall–Kier alpha value is -1.85. The molecule has 0 saturated heterocycles. The Balaban J connectivity index is 0.000000324. The molecule has 2 N–H and O–H groups in total. The van der Waals surface area contributed by atoms with Crippen LogP contribution >= 0.6 is 0 Å². The van der Waals surface area contributed by atoms with Gasteiger partial charge in [0.05, 0.1) is 11.1 Å². The van der Waals surface area contributed by atoms with Gasteiger partial charge in [0.25, 0.3) is 0 Å². The molecule has 2 aromatic carbocycles. The fraction of sp³-hybridized carbons (Fsp3) is 0. The molecule has 0 unspecified atom stereocenters. The van der Waals surface area contributed by atoms with E-state index in [-0.39, 0.29) is 23.1 Å². The minimum Gasteiger partial charge on any atom is -0.478 e. The molecule has 19 heavy (non-hydrogen) atoms. The van der Waals surface area contributed by atoms with Crippen LogP contribution in [-0.2, 0) is 0 Å².